The standard InChI is InChI=1S/C22H24FNO4/c1-16(22(26)28-3)14-24(15-18-6-11-20(27-2)12-7-18)21(25)13-8-17-4-9-19(23)10-5-17/h4-13,16H,14-15H2,1-3H3/b13-8+. The van der Waals surface area contributed by atoms with E-state index in [0.717, 1.165) is 11.3 Å². The molecule has 28 heavy (non-hydrogen) atoms. The summed E-state index contributed by atoms with van der Waals surface area (Å²) in [5, 5.41) is 0. The topological polar surface area (TPSA) is 55.8 Å². The minimum Gasteiger partial charge on any atom is -0.497 e. The molecule has 2 rings (SSSR count). The summed E-state index contributed by atoms with van der Waals surface area (Å²) in [6.07, 6.45) is 3.03. The summed E-state index contributed by atoms with van der Waals surface area (Å²) in [6, 6.07) is 13.2. The van der Waals surface area contributed by atoms with Crippen LogP contribution in [0.25, 0.3) is 6.08 Å². The van der Waals surface area contributed by atoms with Gasteiger partial charge in [0, 0.05) is 19.2 Å². The highest BCUT2D eigenvalue weighted by atomic mass is 19.1. The molecule has 2 aromatic carbocycles. The van der Waals surface area contributed by atoms with Crippen LogP contribution >= 0.6 is 0 Å². The first kappa shape index (κ1) is 21.2. The van der Waals surface area contributed by atoms with Crippen molar-refractivity contribution in [2.75, 3.05) is 20.8 Å². The van der Waals surface area contributed by atoms with Gasteiger partial charge in [-0.05, 0) is 41.5 Å². The molecule has 0 bridgehead atoms. The third kappa shape index (κ3) is 6.23. The molecule has 2 aromatic rings. The molecule has 0 aliphatic rings. The number of nitrogens with zero attached hydrogens (tertiary/aromatic N) is 1. The predicted octanol–water partition coefficient (Wildman–Crippen LogP) is 3.69. The smallest absolute Gasteiger partial charge is 0.310 e. The molecule has 5 nitrogen and oxygen atoms in total. The first-order valence-electron chi connectivity index (χ1n) is 8.86. The van der Waals surface area contributed by atoms with Crippen molar-refractivity contribution in [2.45, 2.75) is 13.5 Å². The molecule has 0 radical (unpaired) electrons. The second kappa shape index (κ2) is 10.3. The summed E-state index contributed by atoms with van der Waals surface area (Å²) in [5.74, 6) is -0.713. The molecule has 1 amide bonds. The Morgan fingerprint density at radius 1 is 1.07 bits per heavy atom. The fourth-order valence-electron chi connectivity index (χ4n) is 2.64. The summed E-state index contributed by atoms with van der Waals surface area (Å²) < 4.78 is 22.9. The van der Waals surface area contributed by atoms with Crippen LogP contribution in [0.3, 0.4) is 0 Å². The lowest BCUT2D eigenvalue weighted by Gasteiger charge is -2.24. The van der Waals surface area contributed by atoms with E-state index in [1.807, 2.05) is 24.3 Å². The van der Waals surface area contributed by atoms with E-state index in [9.17, 15) is 14.0 Å². The molecule has 1 unspecified atom stereocenters. The van der Waals surface area contributed by atoms with Crippen molar-refractivity contribution < 1.29 is 23.5 Å². The molecule has 0 fully saturated rings. The number of esters is 1. The van der Waals surface area contributed by atoms with Crippen LogP contribution in [0.15, 0.2) is 54.6 Å². The van der Waals surface area contributed by atoms with Gasteiger partial charge in [-0.1, -0.05) is 31.2 Å². The van der Waals surface area contributed by atoms with E-state index in [4.69, 9.17) is 9.47 Å². The van der Waals surface area contributed by atoms with Gasteiger partial charge in [-0.15, -0.1) is 0 Å². The van der Waals surface area contributed by atoms with Gasteiger partial charge in [-0.25, -0.2) is 4.39 Å². The Bertz CT molecular complexity index is 815. The van der Waals surface area contributed by atoms with E-state index in [0.29, 0.717) is 12.1 Å². The minimum atomic E-state index is -0.466. The molecule has 0 spiro atoms. The van der Waals surface area contributed by atoms with Gasteiger partial charge in [0.05, 0.1) is 20.1 Å². The summed E-state index contributed by atoms with van der Waals surface area (Å²) in [4.78, 5) is 26.1. The highest BCUT2D eigenvalue weighted by Gasteiger charge is 2.20. The van der Waals surface area contributed by atoms with E-state index in [1.165, 1.54) is 25.3 Å². The zero-order chi connectivity index (χ0) is 20.5. The molecule has 1 atom stereocenters. The Morgan fingerprint density at radius 3 is 2.29 bits per heavy atom. The van der Waals surface area contributed by atoms with Crippen LogP contribution in [0.5, 0.6) is 5.75 Å². The van der Waals surface area contributed by atoms with Gasteiger partial charge in [-0.3, -0.25) is 9.59 Å². The van der Waals surface area contributed by atoms with Crippen molar-refractivity contribution >= 4 is 18.0 Å². The molecule has 6 heteroatoms. The minimum absolute atomic E-state index is 0.214. The monoisotopic (exact) mass is 385 g/mol. The number of benzene rings is 2. The molecule has 0 saturated heterocycles. The van der Waals surface area contributed by atoms with E-state index < -0.39 is 5.92 Å². The SMILES string of the molecule is COC(=O)C(C)CN(Cc1ccc(OC)cc1)C(=O)/C=C/c1ccc(F)cc1. The lowest BCUT2D eigenvalue weighted by molar-refractivity contribution is -0.146. The fraction of sp³-hybridized carbons (Fsp3) is 0.273. The first-order valence-corrected chi connectivity index (χ1v) is 8.86. The lowest BCUT2D eigenvalue weighted by Crippen LogP contribution is -2.35. The maximum atomic E-state index is 13.0. The van der Waals surface area contributed by atoms with E-state index in [2.05, 4.69) is 0 Å². The second-order valence-electron chi connectivity index (χ2n) is 6.38. The van der Waals surface area contributed by atoms with Gasteiger partial charge in [0.1, 0.15) is 11.6 Å². The summed E-state index contributed by atoms with van der Waals surface area (Å²) in [7, 11) is 2.91. The van der Waals surface area contributed by atoms with Crippen LogP contribution in [0.1, 0.15) is 18.1 Å². The highest BCUT2D eigenvalue weighted by Crippen LogP contribution is 2.15. The van der Waals surface area contributed by atoms with E-state index in [-0.39, 0.29) is 24.2 Å². The zero-order valence-electron chi connectivity index (χ0n) is 16.2. The van der Waals surface area contributed by atoms with Gasteiger partial charge < -0.3 is 14.4 Å². The molecule has 0 heterocycles. The molecule has 0 aliphatic heterocycles. The predicted molar refractivity (Wildman–Crippen MR) is 105 cm³/mol. The largest absolute Gasteiger partial charge is 0.497 e. The van der Waals surface area contributed by atoms with E-state index >= 15 is 0 Å². The van der Waals surface area contributed by atoms with Crippen molar-refractivity contribution in [3.8, 4) is 5.75 Å². The molecule has 148 valence electrons. The molecule has 0 aromatic heterocycles. The Balaban J connectivity index is 2.16. The third-order valence-electron chi connectivity index (χ3n) is 4.23. The summed E-state index contributed by atoms with van der Waals surface area (Å²) >= 11 is 0. The van der Waals surface area contributed by atoms with Crippen molar-refractivity contribution in [3.63, 3.8) is 0 Å². The highest BCUT2D eigenvalue weighted by molar-refractivity contribution is 5.92. The average Bonchev–Trinajstić information content (AvgIpc) is 2.72. The van der Waals surface area contributed by atoms with Crippen molar-refractivity contribution in [2.24, 2.45) is 5.92 Å². The number of halogens is 1. The first-order chi connectivity index (χ1) is 13.4. The van der Waals surface area contributed by atoms with Gasteiger partial charge in [-0.2, -0.15) is 0 Å². The number of hydrogen-bond donors (Lipinski definition) is 0. The number of carbonyl (C=O) groups excluding carboxylic acids is 2. The van der Waals surface area contributed by atoms with Crippen LogP contribution < -0.4 is 4.74 Å². The average molecular weight is 385 g/mol. The van der Waals surface area contributed by atoms with Crippen LogP contribution in [-0.4, -0.2) is 37.5 Å². The Hall–Kier alpha value is -3.15. The fourth-order valence-corrected chi connectivity index (χ4v) is 2.64. The van der Waals surface area contributed by atoms with Crippen LogP contribution in [-0.2, 0) is 20.9 Å². The number of carbonyl (C=O) groups is 2. The summed E-state index contributed by atoms with van der Waals surface area (Å²) in [6.45, 7) is 2.26. The molecule has 0 N–H and O–H groups in total. The van der Waals surface area contributed by atoms with Crippen molar-refractivity contribution in [3.05, 3.63) is 71.6 Å². The molecule has 0 saturated carbocycles. The number of methoxy groups -OCH3 is 2. The number of amides is 1. The van der Waals surface area contributed by atoms with Gasteiger partial charge >= 0.3 is 5.97 Å². The maximum absolute atomic E-state index is 13.0. The number of rotatable bonds is 8. The normalized spacial score (nSPS) is 11.9. The molecular weight excluding hydrogens is 361 g/mol. The second-order valence-corrected chi connectivity index (χ2v) is 6.38. The van der Waals surface area contributed by atoms with Crippen molar-refractivity contribution in [1.82, 2.24) is 4.90 Å². The molecule has 0 aliphatic carbocycles. The van der Waals surface area contributed by atoms with Gasteiger partial charge in [0.15, 0.2) is 0 Å². The van der Waals surface area contributed by atoms with Crippen molar-refractivity contribution in [1.29, 1.82) is 0 Å². The quantitative estimate of drug-likeness (QED) is 0.514. The van der Waals surface area contributed by atoms with Gasteiger partial charge in [0.25, 0.3) is 0 Å². The Kier molecular flexibility index (Phi) is 7.75. The summed E-state index contributed by atoms with van der Waals surface area (Å²) in [5.41, 5.74) is 1.61. The van der Waals surface area contributed by atoms with Crippen LogP contribution in [0, 0.1) is 11.7 Å². The number of hydrogen-bond acceptors (Lipinski definition) is 4. The number of ether oxygens (including phenoxy) is 2. The lowest BCUT2D eigenvalue weighted by atomic mass is 10.1. The Labute approximate surface area is 164 Å². The van der Waals surface area contributed by atoms with Crippen LogP contribution in [0.4, 0.5) is 4.39 Å². The maximum Gasteiger partial charge on any atom is 0.310 e. The molecular formula is C22H24FNO4. The van der Waals surface area contributed by atoms with E-state index in [1.54, 1.807) is 37.1 Å². The van der Waals surface area contributed by atoms with Crippen LogP contribution in [0.2, 0.25) is 0 Å². The Morgan fingerprint density at radius 2 is 1.71 bits per heavy atom. The van der Waals surface area contributed by atoms with Gasteiger partial charge in [0.2, 0.25) is 5.91 Å². The zero-order valence-corrected chi connectivity index (χ0v) is 16.2. The third-order valence-corrected chi connectivity index (χ3v) is 4.23.